The highest BCUT2D eigenvalue weighted by Crippen LogP contribution is 2.26. The van der Waals surface area contributed by atoms with Crippen LogP contribution < -0.4 is 0 Å². The van der Waals surface area contributed by atoms with Crippen molar-refractivity contribution in [3.8, 4) is 0 Å². The number of aromatic nitrogens is 1. The predicted molar refractivity (Wildman–Crippen MR) is 101 cm³/mol. The summed E-state index contributed by atoms with van der Waals surface area (Å²) in [4.78, 5) is 21.7. The lowest BCUT2D eigenvalue weighted by atomic mass is 10.1. The topological polar surface area (TPSA) is 49.6 Å². The Morgan fingerprint density at radius 3 is 2.73 bits per heavy atom. The van der Waals surface area contributed by atoms with Gasteiger partial charge in [-0.05, 0) is 31.5 Å². The van der Waals surface area contributed by atoms with Crippen molar-refractivity contribution in [3.05, 3.63) is 65.7 Å². The number of amides is 1. The van der Waals surface area contributed by atoms with E-state index in [0.29, 0.717) is 12.3 Å². The first-order valence-electron chi connectivity index (χ1n) is 9.12. The van der Waals surface area contributed by atoms with Gasteiger partial charge in [0.05, 0.1) is 5.69 Å². The smallest absolute Gasteiger partial charge is 0.289 e. The lowest BCUT2D eigenvalue weighted by Crippen LogP contribution is -2.35. The van der Waals surface area contributed by atoms with Crippen LogP contribution in [-0.4, -0.2) is 46.9 Å². The molecule has 0 spiro atoms. The number of aryl methyl sites for hydroxylation is 1. The monoisotopic (exact) mass is 349 g/mol. The molecule has 0 saturated carbocycles. The standard InChI is InChI=1S/C21H23N3O2/c1-16-18-8-2-3-9-19(18)26-20(16)21(25)24-12-6-11-23(13-14-24)15-17-7-4-5-10-22-17/h2-5,7-10H,6,11-15H2,1H3. The Morgan fingerprint density at radius 2 is 1.92 bits per heavy atom. The van der Waals surface area contributed by atoms with Crippen LogP contribution in [0.4, 0.5) is 0 Å². The fraction of sp³-hybridized carbons (Fsp3) is 0.333. The first-order chi connectivity index (χ1) is 12.7. The minimum absolute atomic E-state index is 0.00149. The molecule has 3 aromatic rings. The first kappa shape index (κ1) is 16.8. The van der Waals surface area contributed by atoms with E-state index in [1.54, 1.807) is 0 Å². The van der Waals surface area contributed by atoms with E-state index in [-0.39, 0.29) is 5.91 Å². The number of pyridine rings is 1. The van der Waals surface area contributed by atoms with Gasteiger partial charge in [0.2, 0.25) is 0 Å². The molecule has 0 atom stereocenters. The second kappa shape index (κ2) is 7.30. The third kappa shape index (κ3) is 3.35. The van der Waals surface area contributed by atoms with E-state index in [1.807, 2.05) is 60.5 Å². The van der Waals surface area contributed by atoms with Gasteiger partial charge in [-0.2, -0.15) is 0 Å². The fourth-order valence-corrected chi connectivity index (χ4v) is 3.57. The van der Waals surface area contributed by atoms with Crippen molar-refractivity contribution < 1.29 is 9.21 Å². The zero-order valence-corrected chi connectivity index (χ0v) is 15.0. The summed E-state index contributed by atoms with van der Waals surface area (Å²) in [6.07, 6.45) is 2.78. The van der Waals surface area contributed by atoms with E-state index in [0.717, 1.165) is 54.8 Å². The quantitative estimate of drug-likeness (QED) is 0.726. The summed E-state index contributed by atoms with van der Waals surface area (Å²) >= 11 is 0. The Balaban J connectivity index is 1.46. The normalized spacial score (nSPS) is 16.0. The van der Waals surface area contributed by atoms with Crippen LogP contribution in [0.25, 0.3) is 11.0 Å². The van der Waals surface area contributed by atoms with Crippen LogP contribution >= 0.6 is 0 Å². The summed E-state index contributed by atoms with van der Waals surface area (Å²) in [6, 6.07) is 13.8. The van der Waals surface area contributed by atoms with Crippen molar-refractivity contribution in [1.82, 2.24) is 14.8 Å². The van der Waals surface area contributed by atoms with Crippen molar-refractivity contribution in [1.29, 1.82) is 0 Å². The van der Waals surface area contributed by atoms with Gasteiger partial charge < -0.3 is 9.32 Å². The Kier molecular flexibility index (Phi) is 4.71. The molecule has 1 aromatic carbocycles. The van der Waals surface area contributed by atoms with Gasteiger partial charge in [-0.1, -0.05) is 24.3 Å². The third-order valence-corrected chi connectivity index (χ3v) is 5.03. The number of carbonyl (C=O) groups is 1. The molecule has 26 heavy (non-hydrogen) atoms. The minimum Gasteiger partial charge on any atom is -0.451 e. The molecule has 1 fully saturated rings. The van der Waals surface area contributed by atoms with Gasteiger partial charge in [-0.3, -0.25) is 14.7 Å². The highest BCUT2D eigenvalue weighted by atomic mass is 16.3. The summed E-state index contributed by atoms with van der Waals surface area (Å²) in [7, 11) is 0. The maximum Gasteiger partial charge on any atom is 0.289 e. The molecule has 3 heterocycles. The Bertz CT molecular complexity index is 904. The van der Waals surface area contributed by atoms with E-state index < -0.39 is 0 Å². The van der Waals surface area contributed by atoms with Crippen LogP contribution in [0.3, 0.4) is 0 Å². The Morgan fingerprint density at radius 1 is 1.08 bits per heavy atom. The molecule has 4 rings (SSSR count). The zero-order chi connectivity index (χ0) is 17.9. The van der Waals surface area contributed by atoms with Gasteiger partial charge in [-0.25, -0.2) is 0 Å². The van der Waals surface area contributed by atoms with Crippen molar-refractivity contribution >= 4 is 16.9 Å². The molecular formula is C21H23N3O2. The maximum atomic E-state index is 13.0. The molecule has 134 valence electrons. The molecule has 1 aliphatic rings. The summed E-state index contributed by atoms with van der Waals surface area (Å²) < 4.78 is 5.86. The second-order valence-corrected chi connectivity index (χ2v) is 6.80. The molecule has 1 aliphatic heterocycles. The van der Waals surface area contributed by atoms with E-state index >= 15 is 0 Å². The molecule has 0 aliphatic carbocycles. The van der Waals surface area contributed by atoms with Gasteiger partial charge in [0.15, 0.2) is 5.76 Å². The molecule has 1 amide bonds. The maximum absolute atomic E-state index is 13.0. The van der Waals surface area contributed by atoms with Gasteiger partial charge in [0.1, 0.15) is 5.58 Å². The van der Waals surface area contributed by atoms with Crippen molar-refractivity contribution in [3.63, 3.8) is 0 Å². The number of fused-ring (bicyclic) bond motifs is 1. The van der Waals surface area contributed by atoms with Crippen LogP contribution in [0.5, 0.6) is 0 Å². The van der Waals surface area contributed by atoms with Gasteiger partial charge in [0, 0.05) is 49.9 Å². The zero-order valence-electron chi connectivity index (χ0n) is 15.0. The van der Waals surface area contributed by atoms with Crippen LogP contribution in [0, 0.1) is 6.92 Å². The van der Waals surface area contributed by atoms with Crippen LogP contribution in [-0.2, 0) is 6.54 Å². The molecule has 0 bridgehead atoms. The average molecular weight is 349 g/mol. The molecule has 0 N–H and O–H groups in total. The number of nitrogens with zero attached hydrogens (tertiary/aromatic N) is 3. The van der Waals surface area contributed by atoms with Crippen molar-refractivity contribution in [2.45, 2.75) is 19.9 Å². The summed E-state index contributed by atoms with van der Waals surface area (Å²) in [5.74, 6) is 0.475. The molecule has 1 saturated heterocycles. The van der Waals surface area contributed by atoms with Gasteiger partial charge in [-0.15, -0.1) is 0 Å². The number of carbonyl (C=O) groups excluding carboxylic acids is 1. The number of para-hydroxylation sites is 1. The number of hydrogen-bond acceptors (Lipinski definition) is 4. The minimum atomic E-state index is -0.00149. The second-order valence-electron chi connectivity index (χ2n) is 6.80. The number of hydrogen-bond donors (Lipinski definition) is 0. The molecule has 5 heteroatoms. The average Bonchev–Trinajstić information content (AvgIpc) is 2.85. The SMILES string of the molecule is Cc1c(C(=O)N2CCCN(Cc3ccccn3)CC2)oc2ccccc12. The lowest BCUT2D eigenvalue weighted by molar-refractivity contribution is 0.0730. The van der Waals surface area contributed by atoms with Crippen LogP contribution in [0.2, 0.25) is 0 Å². The van der Waals surface area contributed by atoms with E-state index in [2.05, 4.69) is 9.88 Å². The molecule has 2 aromatic heterocycles. The lowest BCUT2D eigenvalue weighted by Gasteiger charge is -2.21. The summed E-state index contributed by atoms with van der Waals surface area (Å²) in [5.41, 5.74) is 2.78. The summed E-state index contributed by atoms with van der Waals surface area (Å²) in [5, 5.41) is 1.02. The largest absolute Gasteiger partial charge is 0.451 e. The highest BCUT2D eigenvalue weighted by molar-refractivity contribution is 5.98. The summed E-state index contributed by atoms with van der Waals surface area (Å²) in [6.45, 7) is 6.08. The molecular weight excluding hydrogens is 326 g/mol. The fourth-order valence-electron chi connectivity index (χ4n) is 3.57. The first-order valence-corrected chi connectivity index (χ1v) is 9.12. The molecule has 0 unspecified atom stereocenters. The van der Waals surface area contributed by atoms with E-state index in [4.69, 9.17) is 4.42 Å². The Hall–Kier alpha value is -2.66. The molecule has 5 nitrogen and oxygen atoms in total. The number of rotatable bonds is 3. The Labute approximate surface area is 153 Å². The van der Waals surface area contributed by atoms with Crippen LogP contribution in [0.1, 0.15) is 28.2 Å². The van der Waals surface area contributed by atoms with Gasteiger partial charge >= 0.3 is 0 Å². The van der Waals surface area contributed by atoms with E-state index in [1.165, 1.54) is 0 Å². The van der Waals surface area contributed by atoms with Crippen LogP contribution in [0.15, 0.2) is 53.1 Å². The van der Waals surface area contributed by atoms with Gasteiger partial charge in [0.25, 0.3) is 5.91 Å². The highest BCUT2D eigenvalue weighted by Gasteiger charge is 2.25. The number of furan rings is 1. The van der Waals surface area contributed by atoms with E-state index in [9.17, 15) is 4.79 Å². The molecule has 0 radical (unpaired) electrons. The third-order valence-electron chi connectivity index (χ3n) is 5.03. The number of benzene rings is 1. The predicted octanol–water partition coefficient (Wildman–Crippen LogP) is 3.48. The van der Waals surface area contributed by atoms with Crippen molar-refractivity contribution in [2.75, 3.05) is 26.2 Å². The van der Waals surface area contributed by atoms with Crippen molar-refractivity contribution in [2.24, 2.45) is 0 Å².